The van der Waals surface area contributed by atoms with Crippen LogP contribution in [0.5, 0.6) is 0 Å². The Labute approximate surface area is 187 Å². The number of ether oxygens (including phenoxy) is 1. The molecule has 0 bridgehead atoms. The van der Waals surface area contributed by atoms with Gasteiger partial charge in [-0.3, -0.25) is 4.98 Å². The number of alkyl halides is 3. The van der Waals surface area contributed by atoms with Crippen LogP contribution in [-0.4, -0.2) is 42.7 Å². The van der Waals surface area contributed by atoms with Crippen LogP contribution < -0.4 is 5.32 Å². The van der Waals surface area contributed by atoms with Crippen LogP contribution in [-0.2, 0) is 17.5 Å². The second-order valence-corrected chi connectivity index (χ2v) is 7.75. The number of anilines is 1. The van der Waals surface area contributed by atoms with Crippen LogP contribution in [0.2, 0.25) is 0 Å². The van der Waals surface area contributed by atoms with E-state index in [0.29, 0.717) is 24.1 Å². The van der Waals surface area contributed by atoms with Crippen LogP contribution in [0.1, 0.15) is 30.9 Å². The zero-order valence-corrected chi connectivity index (χ0v) is 18.4. The van der Waals surface area contributed by atoms with E-state index >= 15 is 0 Å². The number of hydrogen-bond donors (Lipinski definition) is 1. The summed E-state index contributed by atoms with van der Waals surface area (Å²) >= 11 is 0. The third kappa shape index (κ3) is 7.21. The molecule has 2 aromatic carbocycles. The van der Waals surface area contributed by atoms with Crippen molar-refractivity contribution in [1.82, 2.24) is 9.88 Å². The Kier molecular flexibility index (Phi) is 8.88. The lowest BCUT2D eigenvalue weighted by atomic mass is 10.1. The highest BCUT2D eigenvalue weighted by molar-refractivity contribution is 5.91. The van der Waals surface area contributed by atoms with Crippen molar-refractivity contribution in [2.24, 2.45) is 0 Å². The lowest BCUT2D eigenvalue weighted by molar-refractivity contribution is -0.137. The van der Waals surface area contributed by atoms with E-state index in [2.05, 4.69) is 34.3 Å². The minimum absolute atomic E-state index is 0.341. The Hall–Kier alpha value is -2.64. The van der Waals surface area contributed by atoms with Gasteiger partial charge in [0, 0.05) is 30.4 Å². The number of hydrogen-bond acceptors (Lipinski definition) is 4. The molecule has 0 radical (unpaired) electrons. The van der Waals surface area contributed by atoms with E-state index in [4.69, 9.17) is 4.74 Å². The van der Waals surface area contributed by atoms with Gasteiger partial charge in [0.2, 0.25) is 0 Å². The van der Waals surface area contributed by atoms with Crippen LogP contribution in [0.25, 0.3) is 10.9 Å². The normalized spacial score (nSPS) is 11.9. The smallest absolute Gasteiger partial charge is 0.384 e. The maximum Gasteiger partial charge on any atom is 0.416 e. The Morgan fingerprint density at radius 1 is 1.00 bits per heavy atom. The number of pyridine rings is 1. The number of aromatic nitrogens is 1. The highest BCUT2D eigenvalue weighted by atomic mass is 19.4. The summed E-state index contributed by atoms with van der Waals surface area (Å²) in [4.78, 5) is 6.48. The number of nitrogens with one attached hydrogen (secondary N) is 1. The molecule has 32 heavy (non-hydrogen) atoms. The summed E-state index contributed by atoms with van der Waals surface area (Å²) in [6, 6.07) is 15.6. The molecule has 1 aromatic heterocycles. The zero-order valence-electron chi connectivity index (χ0n) is 18.4. The van der Waals surface area contributed by atoms with E-state index < -0.39 is 11.7 Å². The first-order valence-corrected chi connectivity index (χ1v) is 11.0. The molecule has 0 fully saturated rings. The predicted octanol–water partition coefficient (Wildman–Crippen LogP) is 5.98. The third-order valence-corrected chi connectivity index (χ3v) is 5.24. The van der Waals surface area contributed by atoms with Gasteiger partial charge in [-0.1, -0.05) is 43.3 Å². The van der Waals surface area contributed by atoms with Crippen molar-refractivity contribution < 1.29 is 17.9 Å². The van der Waals surface area contributed by atoms with E-state index in [-0.39, 0.29) is 0 Å². The highest BCUT2D eigenvalue weighted by Crippen LogP contribution is 2.32. The summed E-state index contributed by atoms with van der Waals surface area (Å²) in [6.45, 7) is 6.99. The zero-order chi connectivity index (χ0) is 22.8. The van der Waals surface area contributed by atoms with Crippen LogP contribution in [0.4, 0.5) is 18.9 Å². The first-order chi connectivity index (χ1) is 15.5. The molecule has 0 aliphatic rings. The van der Waals surface area contributed by atoms with Gasteiger partial charge >= 0.3 is 6.18 Å². The van der Waals surface area contributed by atoms with E-state index in [9.17, 15) is 13.2 Å². The molecule has 0 unspecified atom stereocenters. The molecule has 172 valence electrons. The Bertz CT molecular complexity index is 964. The van der Waals surface area contributed by atoms with Gasteiger partial charge < -0.3 is 15.0 Å². The molecule has 1 heterocycles. The van der Waals surface area contributed by atoms with Gasteiger partial charge in [-0.15, -0.1) is 0 Å². The molecule has 7 heteroatoms. The lowest BCUT2D eigenvalue weighted by Crippen LogP contribution is -2.30. The fraction of sp³-hybridized carbons (Fsp3) is 0.400. The number of halogens is 3. The molecule has 0 atom stereocenters. The topological polar surface area (TPSA) is 37.4 Å². The van der Waals surface area contributed by atoms with Crippen molar-refractivity contribution in [1.29, 1.82) is 0 Å². The maximum atomic E-state index is 12.9. The monoisotopic (exact) mass is 445 g/mol. The SMILES string of the molecule is CCCN(CCCNc1ccnc2cc(C(F)(F)F)ccc12)CCOCc1ccccc1. The fourth-order valence-corrected chi connectivity index (χ4v) is 3.61. The summed E-state index contributed by atoms with van der Waals surface area (Å²) < 4.78 is 44.6. The van der Waals surface area contributed by atoms with Crippen LogP contribution in [0.3, 0.4) is 0 Å². The Morgan fingerprint density at radius 3 is 2.56 bits per heavy atom. The Balaban J connectivity index is 1.45. The van der Waals surface area contributed by atoms with Crippen LogP contribution >= 0.6 is 0 Å². The second-order valence-electron chi connectivity index (χ2n) is 7.75. The van der Waals surface area contributed by atoms with Gasteiger partial charge in [-0.2, -0.15) is 13.2 Å². The Morgan fingerprint density at radius 2 is 1.81 bits per heavy atom. The number of fused-ring (bicyclic) bond motifs is 1. The van der Waals surface area contributed by atoms with Gasteiger partial charge in [0.15, 0.2) is 0 Å². The van der Waals surface area contributed by atoms with Crippen molar-refractivity contribution in [3.05, 3.63) is 71.9 Å². The molecule has 1 N–H and O–H groups in total. The third-order valence-electron chi connectivity index (χ3n) is 5.24. The van der Waals surface area contributed by atoms with Crippen molar-refractivity contribution >= 4 is 16.6 Å². The van der Waals surface area contributed by atoms with Crippen LogP contribution in [0, 0.1) is 0 Å². The summed E-state index contributed by atoms with van der Waals surface area (Å²) in [5.74, 6) is 0. The maximum absolute atomic E-state index is 12.9. The molecular formula is C25H30F3N3O. The molecule has 0 amide bonds. The van der Waals surface area contributed by atoms with E-state index in [0.717, 1.165) is 56.8 Å². The van der Waals surface area contributed by atoms with E-state index in [1.54, 1.807) is 6.07 Å². The molecule has 3 aromatic rings. The van der Waals surface area contributed by atoms with Gasteiger partial charge in [-0.05, 0) is 49.7 Å². The number of benzene rings is 2. The molecule has 0 saturated carbocycles. The lowest BCUT2D eigenvalue weighted by Gasteiger charge is -2.22. The minimum Gasteiger partial charge on any atom is -0.384 e. The van der Waals surface area contributed by atoms with E-state index in [1.807, 2.05) is 18.2 Å². The molecule has 4 nitrogen and oxygen atoms in total. The standard InChI is InChI=1S/C25H30F3N3O/c1-2-14-31(16-17-32-19-20-7-4-3-5-8-20)15-6-12-29-23-11-13-30-24-18-21(25(26,27)28)9-10-22(23)24/h3-5,7-11,13,18H,2,6,12,14-17,19H2,1H3,(H,29,30). The van der Waals surface area contributed by atoms with Crippen molar-refractivity contribution in [2.45, 2.75) is 32.5 Å². The molecule has 0 aliphatic carbocycles. The molecule has 0 aliphatic heterocycles. The summed E-state index contributed by atoms with van der Waals surface area (Å²) in [5, 5.41) is 4.05. The molecule has 0 saturated heterocycles. The number of rotatable bonds is 12. The summed E-state index contributed by atoms with van der Waals surface area (Å²) in [7, 11) is 0. The van der Waals surface area contributed by atoms with Gasteiger partial charge in [0.1, 0.15) is 0 Å². The van der Waals surface area contributed by atoms with Gasteiger partial charge in [0.05, 0.1) is 24.3 Å². The fourth-order valence-electron chi connectivity index (χ4n) is 3.61. The molecule has 0 spiro atoms. The van der Waals surface area contributed by atoms with Crippen molar-refractivity contribution in [2.75, 3.05) is 38.1 Å². The van der Waals surface area contributed by atoms with Gasteiger partial charge in [-0.25, -0.2) is 0 Å². The quantitative estimate of drug-likeness (QED) is 0.348. The minimum atomic E-state index is -4.37. The first kappa shape index (κ1) is 24.0. The van der Waals surface area contributed by atoms with Gasteiger partial charge in [0.25, 0.3) is 0 Å². The average Bonchev–Trinajstić information content (AvgIpc) is 2.79. The first-order valence-electron chi connectivity index (χ1n) is 11.0. The molecular weight excluding hydrogens is 415 g/mol. The van der Waals surface area contributed by atoms with Crippen LogP contribution in [0.15, 0.2) is 60.8 Å². The number of nitrogens with zero attached hydrogens (tertiary/aromatic N) is 2. The van der Waals surface area contributed by atoms with E-state index in [1.165, 1.54) is 17.8 Å². The predicted molar refractivity (Wildman–Crippen MR) is 123 cm³/mol. The van der Waals surface area contributed by atoms with Crippen molar-refractivity contribution in [3.63, 3.8) is 0 Å². The summed E-state index contributed by atoms with van der Waals surface area (Å²) in [5.41, 5.74) is 1.63. The highest BCUT2D eigenvalue weighted by Gasteiger charge is 2.30. The largest absolute Gasteiger partial charge is 0.416 e. The molecule has 3 rings (SSSR count). The second kappa shape index (κ2) is 11.8. The average molecular weight is 446 g/mol. The summed E-state index contributed by atoms with van der Waals surface area (Å²) in [6.07, 6.45) is -0.836. The van der Waals surface area contributed by atoms with Crippen molar-refractivity contribution in [3.8, 4) is 0 Å².